The molecule has 0 fully saturated rings. The lowest BCUT2D eigenvalue weighted by Crippen LogP contribution is -2.26. The zero-order valence-electron chi connectivity index (χ0n) is 18.3. The van der Waals surface area contributed by atoms with E-state index in [1.54, 1.807) is 19.1 Å². The summed E-state index contributed by atoms with van der Waals surface area (Å²) in [5, 5.41) is 8.72. The minimum Gasteiger partial charge on any atom is -0.489 e. The Morgan fingerprint density at radius 1 is 1.24 bits per heavy atom. The van der Waals surface area contributed by atoms with E-state index in [0.717, 1.165) is 17.7 Å². The predicted molar refractivity (Wildman–Crippen MR) is 115 cm³/mol. The zero-order chi connectivity index (χ0) is 24.2. The van der Waals surface area contributed by atoms with Crippen LogP contribution >= 0.6 is 0 Å². The van der Waals surface area contributed by atoms with Crippen molar-refractivity contribution >= 4 is 12.0 Å². The average Bonchev–Trinajstić information content (AvgIpc) is 2.72. The van der Waals surface area contributed by atoms with Crippen molar-refractivity contribution in [3.8, 4) is 11.5 Å². The third kappa shape index (κ3) is 6.71. The Hall–Kier alpha value is -3.07. The molecular weight excluding hydrogens is 442 g/mol. The number of carboxylic acids is 1. The van der Waals surface area contributed by atoms with Crippen molar-refractivity contribution in [2.45, 2.75) is 32.5 Å². The van der Waals surface area contributed by atoms with Crippen LogP contribution in [-0.2, 0) is 17.6 Å². The summed E-state index contributed by atoms with van der Waals surface area (Å²) in [4.78, 5) is 12.6. The number of carbonyl (C=O) groups is 1. The Bertz CT molecular complexity index is 1050. The third-order valence-corrected chi connectivity index (χ3v) is 5.20. The van der Waals surface area contributed by atoms with Gasteiger partial charge < -0.3 is 19.5 Å². The summed E-state index contributed by atoms with van der Waals surface area (Å²) in [5.74, 6) is -1.13. The first-order chi connectivity index (χ1) is 15.5. The molecule has 2 aromatic rings. The Kier molecular flexibility index (Phi) is 7.63. The number of aliphatic carboxylic acids is 1. The number of hydrogen-bond donors (Lipinski definition) is 1. The van der Waals surface area contributed by atoms with Crippen LogP contribution in [0, 0.1) is 12.7 Å². The number of nitrogens with zero attached hydrogens (tertiary/aromatic N) is 1. The number of benzene rings is 2. The minimum atomic E-state index is -4.52. The van der Waals surface area contributed by atoms with E-state index in [2.05, 4.69) is 0 Å². The molecule has 0 aliphatic carbocycles. The monoisotopic (exact) mass is 467 g/mol. The quantitative estimate of drug-likeness (QED) is 0.507. The highest BCUT2D eigenvalue weighted by atomic mass is 19.4. The number of halogens is 4. The molecule has 0 saturated heterocycles. The van der Waals surface area contributed by atoms with Crippen molar-refractivity contribution in [1.29, 1.82) is 0 Å². The highest BCUT2D eigenvalue weighted by molar-refractivity contribution is 5.66. The lowest BCUT2D eigenvalue weighted by molar-refractivity contribution is -0.139. The smallest absolute Gasteiger partial charge is 0.416 e. The van der Waals surface area contributed by atoms with Gasteiger partial charge in [-0.1, -0.05) is 17.7 Å². The summed E-state index contributed by atoms with van der Waals surface area (Å²) in [7, 11) is 1.84. The van der Waals surface area contributed by atoms with E-state index < -0.39 is 23.5 Å². The summed E-state index contributed by atoms with van der Waals surface area (Å²) < 4.78 is 65.8. The second-order valence-electron chi connectivity index (χ2n) is 8.09. The molecule has 0 saturated carbocycles. The second-order valence-corrected chi connectivity index (χ2v) is 8.09. The number of hydrogen-bond acceptors (Lipinski definition) is 4. The number of alkyl halides is 3. The molecule has 0 spiro atoms. The molecule has 0 atom stereocenters. The maximum atomic E-state index is 14.7. The van der Waals surface area contributed by atoms with Gasteiger partial charge in [0.15, 0.2) is 0 Å². The molecule has 3 rings (SSSR count). The maximum absolute atomic E-state index is 14.7. The number of rotatable bonds is 9. The zero-order valence-corrected chi connectivity index (χ0v) is 18.3. The molecule has 33 heavy (non-hydrogen) atoms. The third-order valence-electron chi connectivity index (χ3n) is 5.20. The standard InChI is InChI=1S/C24H25F4NO4/c1-15-5-6-17(20(8-15)24(26,27)28)14-32-18-10-21(25)19-9-16(13-33-22(19)11-18)12-29(2)7-3-4-23(30)31/h5-6,8-11H,3-4,7,12-14H2,1-2H3,(H,30,31). The molecule has 1 aliphatic heterocycles. The van der Waals surface area contributed by atoms with Crippen molar-refractivity contribution in [3.05, 3.63) is 64.0 Å². The summed E-state index contributed by atoms with van der Waals surface area (Å²) in [5.41, 5.74) is 0.725. The molecule has 1 aliphatic rings. The molecule has 0 bridgehead atoms. The number of fused-ring (bicyclic) bond motifs is 1. The fourth-order valence-corrected chi connectivity index (χ4v) is 3.59. The molecule has 5 nitrogen and oxygen atoms in total. The molecule has 0 aromatic heterocycles. The van der Waals surface area contributed by atoms with Crippen molar-refractivity contribution in [2.75, 3.05) is 26.7 Å². The van der Waals surface area contributed by atoms with Gasteiger partial charge in [0.05, 0.1) is 11.1 Å². The van der Waals surface area contributed by atoms with Crippen LogP contribution in [0.2, 0.25) is 0 Å². The number of ether oxygens (including phenoxy) is 2. The van der Waals surface area contributed by atoms with Crippen LogP contribution in [-0.4, -0.2) is 42.7 Å². The first-order valence-corrected chi connectivity index (χ1v) is 10.4. The Balaban J connectivity index is 1.69. The molecule has 1 N–H and O–H groups in total. The van der Waals surface area contributed by atoms with Crippen LogP contribution < -0.4 is 9.47 Å². The first kappa shape index (κ1) is 24.6. The van der Waals surface area contributed by atoms with Crippen LogP contribution in [0.25, 0.3) is 6.08 Å². The lowest BCUT2D eigenvalue weighted by atomic mass is 10.0. The topological polar surface area (TPSA) is 59.0 Å². The van der Waals surface area contributed by atoms with Gasteiger partial charge in [0.1, 0.15) is 30.5 Å². The van der Waals surface area contributed by atoms with Gasteiger partial charge in [-0.05, 0) is 44.7 Å². The molecule has 2 aromatic carbocycles. The van der Waals surface area contributed by atoms with Crippen LogP contribution in [0.4, 0.5) is 17.6 Å². The van der Waals surface area contributed by atoms with Gasteiger partial charge in [-0.15, -0.1) is 0 Å². The van der Waals surface area contributed by atoms with E-state index >= 15 is 0 Å². The van der Waals surface area contributed by atoms with Gasteiger partial charge in [0.25, 0.3) is 0 Å². The van der Waals surface area contributed by atoms with Crippen LogP contribution in [0.1, 0.15) is 35.1 Å². The van der Waals surface area contributed by atoms with Gasteiger partial charge in [0, 0.05) is 30.7 Å². The molecule has 0 amide bonds. The lowest BCUT2D eigenvalue weighted by Gasteiger charge is -2.23. The summed E-state index contributed by atoms with van der Waals surface area (Å²) in [6, 6.07) is 6.56. The largest absolute Gasteiger partial charge is 0.489 e. The maximum Gasteiger partial charge on any atom is 0.416 e. The second kappa shape index (κ2) is 10.2. The molecule has 1 heterocycles. The van der Waals surface area contributed by atoms with Crippen molar-refractivity contribution in [1.82, 2.24) is 4.90 Å². The fourth-order valence-electron chi connectivity index (χ4n) is 3.59. The normalized spacial score (nSPS) is 13.4. The van der Waals surface area contributed by atoms with E-state index in [9.17, 15) is 22.4 Å². The van der Waals surface area contributed by atoms with Crippen LogP contribution in [0.5, 0.6) is 11.5 Å². The van der Waals surface area contributed by atoms with E-state index in [0.29, 0.717) is 25.1 Å². The Morgan fingerprint density at radius 3 is 2.70 bits per heavy atom. The van der Waals surface area contributed by atoms with Crippen LogP contribution in [0.3, 0.4) is 0 Å². The minimum absolute atomic E-state index is 0.0414. The van der Waals surface area contributed by atoms with Crippen molar-refractivity contribution in [2.24, 2.45) is 0 Å². The van der Waals surface area contributed by atoms with Gasteiger partial charge >= 0.3 is 12.1 Å². The first-order valence-electron chi connectivity index (χ1n) is 10.4. The predicted octanol–water partition coefficient (Wildman–Crippen LogP) is 5.30. The van der Waals surface area contributed by atoms with E-state index in [1.807, 2.05) is 11.9 Å². The average molecular weight is 467 g/mol. The van der Waals surface area contributed by atoms with E-state index in [-0.39, 0.29) is 42.3 Å². The molecular formula is C24H25F4NO4. The molecule has 0 unspecified atom stereocenters. The summed E-state index contributed by atoms with van der Waals surface area (Å²) in [6.07, 6.45) is -2.26. The summed E-state index contributed by atoms with van der Waals surface area (Å²) >= 11 is 0. The Labute approximate surface area is 189 Å². The van der Waals surface area contributed by atoms with Gasteiger partial charge in [-0.3, -0.25) is 4.79 Å². The van der Waals surface area contributed by atoms with Gasteiger partial charge in [-0.25, -0.2) is 4.39 Å². The van der Waals surface area contributed by atoms with Crippen LogP contribution in [0.15, 0.2) is 35.9 Å². The molecule has 178 valence electrons. The SMILES string of the molecule is Cc1ccc(COc2cc(F)c3c(c2)OCC(CN(C)CCCC(=O)O)=C3)c(C(F)(F)F)c1. The number of likely N-dealkylation sites (N-methyl/N-ethyl adjacent to an activating group) is 1. The van der Waals surface area contributed by atoms with E-state index in [4.69, 9.17) is 14.6 Å². The fraction of sp³-hybridized carbons (Fsp3) is 0.375. The number of aryl methyl sites for hydroxylation is 1. The van der Waals surface area contributed by atoms with E-state index in [1.165, 1.54) is 12.1 Å². The Morgan fingerprint density at radius 2 is 2.00 bits per heavy atom. The van der Waals surface area contributed by atoms with Crippen molar-refractivity contribution < 1.29 is 36.9 Å². The highest BCUT2D eigenvalue weighted by Gasteiger charge is 2.33. The van der Waals surface area contributed by atoms with Gasteiger partial charge in [0.2, 0.25) is 0 Å². The van der Waals surface area contributed by atoms with Crippen molar-refractivity contribution in [3.63, 3.8) is 0 Å². The highest BCUT2D eigenvalue weighted by Crippen LogP contribution is 2.35. The molecule has 0 radical (unpaired) electrons. The summed E-state index contributed by atoms with van der Waals surface area (Å²) in [6.45, 7) is 2.49. The molecule has 9 heteroatoms. The number of carboxylic acid groups (broad SMARTS) is 1. The van der Waals surface area contributed by atoms with Gasteiger partial charge in [-0.2, -0.15) is 13.2 Å².